The fourth-order valence-electron chi connectivity index (χ4n) is 3.79. The van der Waals surface area contributed by atoms with E-state index in [2.05, 4.69) is 26.6 Å². The number of rotatable bonds is 7. The number of carbonyl (C=O) groups is 1. The molecule has 146 valence electrons. The average Bonchev–Trinajstić information content (AvgIpc) is 3.62. The van der Waals surface area contributed by atoms with Gasteiger partial charge in [0, 0.05) is 36.9 Å². The molecule has 0 aromatic carbocycles. The molecule has 1 amide bonds. The Morgan fingerprint density at radius 1 is 1.25 bits per heavy atom. The highest BCUT2D eigenvalue weighted by molar-refractivity contribution is 5.88. The topological polar surface area (TPSA) is 88.7 Å². The van der Waals surface area contributed by atoms with Gasteiger partial charge < -0.3 is 5.32 Å². The van der Waals surface area contributed by atoms with Crippen molar-refractivity contribution < 1.29 is 4.79 Å². The molecule has 2 heterocycles. The van der Waals surface area contributed by atoms with Crippen molar-refractivity contribution in [1.82, 2.24) is 15.1 Å². The zero-order valence-electron chi connectivity index (χ0n) is 15.9. The van der Waals surface area contributed by atoms with Crippen molar-refractivity contribution >= 4 is 5.91 Å². The first-order valence-corrected chi connectivity index (χ1v) is 10.1. The Balaban J connectivity index is 1.28. The molecule has 1 aromatic heterocycles. The zero-order valence-corrected chi connectivity index (χ0v) is 15.9. The lowest BCUT2D eigenvalue weighted by molar-refractivity contribution is -0.117. The second-order valence-corrected chi connectivity index (χ2v) is 7.95. The van der Waals surface area contributed by atoms with Gasteiger partial charge in [0.05, 0.1) is 11.7 Å². The smallest absolute Gasteiger partial charge is 0.267 e. The Bertz CT molecular complexity index is 892. The third-order valence-electron chi connectivity index (χ3n) is 5.73. The summed E-state index contributed by atoms with van der Waals surface area (Å²) in [4.78, 5) is 24.4. The van der Waals surface area contributed by atoms with Crippen molar-refractivity contribution in [2.45, 2.75) is 75.0 Å². The standard InChI is InChI=1S/C21H25N5O2/c1-2-3-13-21(24-25-21)14-12-19(27)22-16-6-8-17(9-7-16)26-20(28)11-10-18(23-26)15-4-5-15/h1,10-12,14-17H,3-9,13H2,(H,22,27). The third kappa shape index (κ3) is 4.38. The summed E-state index contributed by atoms with van der Waals surface area (Å²) in [7, 11) is 0. The van der Waals surface area contributed by atoms with Gasteiger partial charge in [-0.3, -0.25) is 9.59 Å². The van der Waals surface area contributed by atoms with Crippen LogP contribution in [0.25, 0.3) is 0 Å². The first-order valence-electron chi connectivity index (χ1n) is 10.1. The van der Waals surface area contributed by atoms with Crippen LogP contribution in [0.1, 0.15) is 69.0 Å². The van der Waals surface area contributed by atoms with Crippen LogP contribution in [0.3, 0.4) is 0 Å². The summed E-state index contributed by atoms with van der Waals surface area (Å²) in [6.45, 7) is 0. The Morgan fingerprint density at radius 3 is 2.64 bits per heavy atom. The van der Waals surface area contributed by atoms with Gasteiger partial charge in [0.1, 0.15) is 0 Å². The molecule has 0 atom stereocenters. The van der Waals surface area contributed by atoms with Crippen molar-refractivity contribution in [1.29, 1.82) is 0 Å². The van der Waals surface area contributed by atoms with E-state index in [1.807, 2.05) is 6.07 Å². The lowest BCUT2D eigenvalue weighted by Gasteiger charge is -2.29. The Labute approximate surface area is 164 Å². The van der Waals surface area contributed by atoms with E-state index in [4.69, 9.17) is 6.42 Å². The number of terminal acetylenes is 1. The number of hydrogen-bond donors (Lipinski definition) is 1. The fourth-order valence-corrected chi connectivity index (χ4v) is 3.79. The van der Waals surface area contributed by atoms with Gasteiger partial charge in [-0.1, -0.05) is 0 Å². The van der Waals surface area contributed by atoms with E-state index >= 15 is 0 Å². The highest BCUT2D eigenvalue weighted by atomic mass is 16.1. The summed E-state index contributed by atoms with van der Waals surface area (Å²) in [5, 5.41) is 15.6. The number of hydrogen-bond acceptors (Lipinski definition) is 5. The Morgan fingerprint density at radius 2 is 2.00 bits per heavy atom. The molecular formula is C21H25N5O2. The minimum atomic E-state index is -0.583. The molecule has 2 fully saturated rings. The monoisotopic (exact) mass is 379 g/mol. The van der Waals surface area contributed by atoms with Crippen LogP contribution < -0.4 is 10.9 Å². The van der Waals surface area contributed by atoms with E-state index in [0.717, 1.165) is 31.4 Å². The van der Waals surface area contributed by atoms with Crippen molar-refractivity contribution in [3.63, 3.8) is 0 Å². The molecule has 3 aliphatic rings. The van der Waals surface area contributed by atoms with Crippen molar-refractivity contribution in [2.75, 3.05) is 0 Å². The van der Waals surface area contributed by atoms with Gasteiger partial charge >= 0.3 is 0 Å². The lowest BCUT2D eigenvalue weighted by atomic mass is 9.91. The molecular weight excluding hydrogens is 354 g/mol. The highest BCUT2D eigenvalue weighted by Crippen LogP contribution is 2.39. The summed E-state index contributed by atoms with van der Waals surface area (Å²) in [5.74, 6) is 2.97. The molecule has 2 aliphatic carbocycles. The number of aromatic nitrogens is 2. The van der Waals surface area contributed by atoms with Gasteiger partial charge in [-0.2, -0.15) is 15.3 Å². The summed E-state index contributed by atoms with van der Waals surface area (Å²) in [5.41, 5.74) is 0.421. The van der Waals surface area contributed by atoms with Gasteiger partial charge in [-0.25, -0.2) is 4.68 Å². The first-order chi connectivity index (χ1) is 13.6. The summed E-state index contributed by atoms with van der Waals surface area (Å²) in [6, 6.07) is 3.74. The Kier molecular flexibility index (Phi) is 5.12. The summed E-state index contributed by atoms with van der Waals surface area (Å²) >= 11 is 0. The molecule has 0 bridgehead atoms. The van der Waals surface area contributed by atoms with Crippen molar-refractivity contribution in [3.8, 4) is 12.3 Å². The van der Waals surface area contributed by atoms with Gasteiger partial charge in [0.15, 0.2) is 0 Å². The van der Waals surface area contributed by atoms with Crippen molar-refractivity contribution in [3.05, 3.63) is 40.3 Å². The average molecular weight is 379 g/mol. The maximum absolute atomic E-state index is 12.2. The minimum Gasteiger partial charge on any atom is -0.350 e. The highest BCUT2D eigenvalue weighted by Gasteiger charge is 2.36. The normalized spacial score (nSPS) is 25.4. The molecule has 1 aromatic rings. The summed E-state index contributed by atoms with van der Waals surface area (Å²) < 4.78 is 1.66. The van der Waals surface area contributed by atoms with Gasteiger partial charge in [0.25, 0.3) is 5.56 Å². The third-order valence-corrected chi connectivity index (χ3v) is 5.73. The molecule has 4 rings (SSSR count). The molecule has 7 heteroatoms. The van der Waals surface area contributed by atoms with Crippen LogP contribution >= 0.6 is 0 Å². The van der Waals surface area contributed by atoms with Crippen LogP contribution in [0.4, 0.5) is 0 Å². The minimum absolute atomic E-state index is 0.0333. The number of nitrogens with one attached hydrogen (secondary N) is 1. The second kappa shape index (κ2) is 7.70. The maximum Gasteiger partial charge on any atom is 0.267 e. The molecule has 2 saturated carbocycles. The number of carbonyl (C=O) groups excluding carboxylic acids is 1. The van der Waals surface area contributed by atoms with E-state index in [0.29, 0.717) is 18.8 Å². The molecule has 0 saturated heterocycles. The summed E-state index contributed by atoms with van der Waals surface area (Å²) in [6.07, 6.45) is 15.4. The first kappa shape index (κ1) is 18.6. The van der Waals surface area contributed by atoms with E-state index in [1.54, 1.807) is 16.8 Å². The quantitative estimate of drug-likeness (QED) is 0.583. The van der Waals surface area contributed by atoms with Crippen LogP contribution in [-0.4, -0.2) is 27.4 Å². The van der Waals surface area contributed by atoms with Gasteiger partial charge in [0.2, 0.25) is 11.6 Å². The van der Waals surface area contributed by atoms with E-state index in [-0.39, 0.29) is 23.6 Å². The van der Waals surface area contributed by atoms with Gasteiger partial charge in [-0.05, 0) is 50.7 Å². The van der Waals surface area contributed by atoms with Crippen LogP contribution in [0.15, 0.2) is 39.3 Å². The number of nitrogens with zero attached hydrogens (tertiary/aromatic N) is 4. The fraction of sp³-hybridized carbons (Fsp3) is 0.571. The predicted octanol–water partition coefficient (Wildman–Crippen LogP) is 2.85. The molecule has 0 unspecified atom stereocenters. The van der Waals surface area contributed by atoms with Crippen LogP contribution in [0.2, 0.25) is 0 Å². The SMILES string of the molecule is C#CCCC1(C=CC(=O)NC2CCC(n3nc(C4CC4)ccc3=O)CC2)N=N1. The van der Waals surface area contributed by atoms with Gasteiger partial charge in [-0.15, -0.1) is 12.3 Å². The van der Waals surface area contributed by atoms with Crippen LogP contribution in [0.5, 0.6) is 0 Å². The molecule has 1 N–H and O–H groups in total. The molecule has 7 nitrogen and oxygen atoms in total. The zero-order chi connectivity index (χ0) is 19.6. The molecule has 0 radical (unpaired) electrons. The maximum atomic E-state index is 12.2. The lowest BCUT2D eigenvalue weighted by Crippen LogP contribution is -2.39. The number of amides is 1. The van der Waals surface area contributed by atoms with Crippen molar-refractivity contribution in [2.24, 2.45) is 10.2 Å². The van der Waals surface area contributed by atoms with Crippen LogP contribution in [0, 0.1) is 12.3 Å². The molecule has 1 aliphatic heterocycles. The van der Waals surface area contributed by atoms with Crippen LogP contribution in [-0.2, 0) is 4.79 Å². The van der Waals surface area contributed by atoms with E-state index in [1.165, 1.54) is 18.9 Å². The van der Waals surface area contributed by atoms with E-state index in [9.17, 15) is 9.59 Å². The Hall–Kier alpha value is -2.75. The second-order valence-electron chi connectivity index (χ2n) is 7.95. The largest absolute Gasteiger partial charge is 0.350 e. The molecule has 28 heavy (non-hydrogen) atoms. The molecule has 0 spiro atoms. The van der Waals surface area contributed by atoms with E-state index < -0.39 is 5.66 Å². The predicted molar refractivity (Wildman–Crippen MR) is 105 cm³/mol.